The molecular weight excluding hydrogens is 781 g/mol. The first-order valence-electron chi connectivity index (χ1n) is 22.6. The van der Waals surface area contributed by atoms with Crippen LogP contribution in [0.25, 0.3) is 87.6 Å². The van der Waals surface area contributed by atoms with Crippen molar-refractivity contribution in [2.75, 3.05) is 0 Å². The lowest BCUT2D eigenvalue weighted by Gasteiger charge is -2.37. The molecule has 0 spiro atoms. The maximum Gasteiger partial charge on any atom is 0.0701 e. The van der Waals surface area contributed by atoms with Gasteiger partial charge >= 0.3 is 0 Å². The van der Waals surface area contributed by atoms with Crippen LogP contribution in [0.1, 0.15) is 22.3 Å². The molecule has 0 aromatic heterocycles. The van der Waals surface area contributed by atoms with Crippen molar-refractivity contribution in [1.82, 2.24) is 0 Å². The predicted molar refractivity (Wildman–Crippen MR) is 277 cm³/mol. The first-order chi connectivity index (χ1) is 32.2. The third-order valence-electron chi connectivity index (χ3n) is 13.6. The van der Waals surface area contributed by atoms with Gasteiger partial charge in [0.05, 0.1) is 5.41 Å². The van der Waals surface area contributed by atoms with E-state index in [2.05, 4.69) is 267 Å². The quantitative estimate of drug-likeness (QED) is 0.106. The van der Waals surface area contributed by atoms with Crippen LogP contribution in [0, 0.1) is 0 Å². The van der Waals surface area contributed by atoms with Crippen molar-refractivity contribution in [3.05, 3.63) is 289 Å². The fraction of sp³-hybridized carbons (Fsp3) is 0.0154. The second-order valence-corrected chi connectivity index (χ2v) is 17.2. The monoisotopic (exact) mass is 824 g/mol. The number of benzene rings is 12. The van der Waals surface area contributed by atoms with E-state index in [9.17, 15) is 0 Å². The van der Waals surface area contributed by atoms with Crippen molar-refractivity contribution >= 4 is 43.1 Å². The van der Waals surface area contributed by atoms with E-state index in [0.717, 1.165) is 0 Å². The number of hydrogen-bond donors (Lipinski definition) is 0. The van der Waals surface area contributed by atoms with Gasteiger partial charge in [-0.05, 0) is 146 Å². The van der Waals surface area contributed by atoms with Gasteiger partial charge in [0.1, 0.15) is 0 Å². The molecule has 65 heavy (non-hydrogen) atoms. The van der Waals surface area contributed by atoms with E-state index in [1.165, 1.54) is 110 Å². The zero-order valence-corrected chi connectivity index (χ0v) is 35.9. The molecule has 304 valence electrons. The Balaban J connectivity index is 1.03. The lowest BCUT2D eigenvalue weighted by atomic mass is 9.65. The molecule has 0 bridgehead atoms. The summed E-state index contributed by atoms with van der Waals surface area (Å²) in [4.78, 5) is 0. The predicted octanol–water partition coefficient (Wildman–Crippen LogP) is 17.4. The first-order valence-corrected chi connectivity index (χ1v) is 22.6. The Kier molecular flexibility index (Phi) is 9.50. The molecule has 0 saturated carbocycles. The highest BCUT2D eigenvalue weighted by Crippen LogP contribution is 2.46. The molecule has 0 radical (unpaired) electrons. The van der Waals surface area contributed by atoms with E-state index in [0.29, 0.717) is 0 Å². The van der Waals surface area contributed by atoms with Crippen LogP contribution in [0.4, 0.5) is 0 Å². The molecule has 0 N–H and O–H groups in total. The van der Waals surface area contributed by atoms with E-state index in [1.54, 1.807) is 0 Å². The smallest absolute Gasteiger partial charge is 0.0622 e. The summed E-state index contributed by atoms with van der Waals surface area (Å²) >= 11 is 0. The molecule has 0 atom stereocenters. The molecule has 0 heteroatoms. The molecule has 0 saturated heterocycles. The average molecular weight is 825 g/mol. The minimum Gasteiger partial charge on any atom is -0.0622 e. The minimum atomic E-state index is -0.493. The van der Waals surface area contributed by atoms with Crippen LogP contribution in [0.15, 0.2) is 267 Å². The molecule has 0 aliphatic heterocycles. The highest BCUT2D eigenvalue weighted by atomic mass is 14.4. The van der Waals surface area contributed by atoms with Gasteiger partial charge in [-0.25, -0.2) is 0 Å². The van der Waals surface area contributed by atoms with Crippen LogP contribution in [0.3, 0.4) is 0 Å². The van der Waals surface area contributed by atoms with Crippen LogP contribution in [-0.4, -0.2) is 0 Å². The van der Waals surface area contributed by atoms with Crippen LogP contribution in [-0.2, 0) is 5.41 Å². The van der Waals surface area contributed by atoms with E-state index in [4.69, 9.17) is 0 Å². The Morgan fingerprint density at radius 2 is 0.585 bits per heavy atom. The van der Waals surface area contributed by atoms with E-state index in [1.807, 2.05) is 0 Å². The molecule has 0 aliphatic carbocycles. The first kappa shape index (κ1) is 38.4. The zero-order chi connectivity index (χ0) is 43.2. The van der Waals surface area contributed by atoms with Gasteiger partial charge in [0.2, 0.25) is 0 Å². The SMILES string of the molecule is c1ccc(-c2cc3ccccc3cc2-c2ccc3c(c2)c(-c2ccc4ccccc4c2)cc2cc(-c4ccc(C(c5ccccc5)(c5ccccc5)c5ccccc5)cc4)ccc23)cc1. The largest absolute Gasteiger partial charge is 0.0701 e. The van der Waals surface area contributed by atoms with Gasteiger partial charge in [-0.1, -0.05) is 231 Å². The van der Waals surface area contributed by atoms with Crippen molar-refractivity contribution in [1.29, 1.82) is 0 Å². The summed E-state index contributed by atoms with van der Waals surface area (Å²) in [5, 5.41) is 9.92. The molecule has 12 rings (SSSR count). The fourth-order valence-corrected chi connectivity index (χ4v) is 10.4. The summed E-state index contributed by atoms with van der Waals surface area (Å²) < 4.78 is 0. The van der Waals surface area contributed by atoms with Crippen LogP contribution in [0.2, 0.25) is 0 Å². The van der Waals surface area contributed by atoms with E-state index < -0.39 is 5.41 Å². The second kappa shape index (κ2) is 16.1. The Morgan fingerprint density at radius 1 is 0.185 bits per heavy atom. The highest BCUT2D eigenvalue weighted by molar-refractivity contribution is 6.16. The molecule has 0 amide bonds. The van der Waals surface area contributed by atoms with Crippen molar-refractivity contribution < 1.29 is 0 Å². The number of hydrogen-bond acceptors (Lipinski definition) is 0. The van der Waals surface area contributed by atoms with Gasteiger partial charge in [-0.2, -0.15) is 0 Å². The van der Waals surface area contributed by atoms with Gasteiger partial charge in [0, 0.05) is 0 Å². The standard InChI is InChI=1S/C65H44/c1-5-18-47(19-6-1)61-41-49-21-15-16-22-50(49)42-62(61)53-34-38-60-59-37-33-51(40-54(59)44-63(64(60)43-53)52-30-29-45-17-13-14-20-48(45)39-52)46-31-35-58(36-32-46)65(55-23-7-2-8-24-55,56-25-9-3-10-26-56)57-27-11-4-12-28-57/h1-44H. The highest BCUT2D eigenvalue weighted by Gasteiger charge is 2.38. The van der Waals surface area contributed by atoms with Gasteiger partial charge in [0.15, 0.2) is 0 Å². The lowest BCUT2D eigenvalue weighted by Crippen LogP contribution is -2.30. The maximum absolute atomic E-state index is 2.43. The molecule has 0 aliphatic rings. The molecule has 12 aromatic carbocycles. The van der Waals surface area contributed by atoms with Gasteiger partial charge in [0.25, 0.3) is 0 Å². The fourth-order valence-electron chi connectivity index (χ4n) is 10.4. The Hall–Kier alpha value is -8.32. The average Bonchev–Trinajstić information content (AvgIpc) is 3.39. The summed E-state index contributed by atoms with van der Waals surface area (Å²) in [5.74, 6) is 0. The molecule has 0 nitrogen and oxygen atoms in total. The van der Waals surface area contributed by atoms with Crippen LogP contribution in [0.5, 0.6) is 0 Å². The summed E-state index contributed by atoms with van der Waals surface area (Å²) in [6, 6.07) is 98.5. The normalized spacial score (nSPS) is 11.7. The third-order valence-corrected chi connectivity index (χ3v) is 13.6. The molecule has 12 aromatic rings. The third kappa shape index (κ3) is 6.71. The van der Waals surface area contributed by atoms with Crippen LogP contribution >= 0.6 is 0 Å². The molecule has 0 fully saturated rings. The maximum atomic E-state index is 2.43. The topological polar surface area (TPSA) is 0 Å². The summed E-state index contributed by atoms with van der Waals surface area (Å²) in [6.07, 6.45) is 0. The van der Waals surface area contributed by atoms with E-state index >= 15 is 0 Å². The second-order valence-electron chi connectivity index (χ2n) is 17.2. The molecule has 0 heterocycles. The van der Waals surface area contributed by atoms with E-state index in [-0.39, 0.29) is 0 Å². The van der Waals surface area contributed by atoms with Crippen molar-refractivity contribution in [3.8, 4) is 44.5 Å². The summed E-state index contributed by atoms with van der Waals surface area (Å²) in [7, 11) is 0. The van der Waals surface area contributed by atoms with Crippen molar-refractivity contribution in [2.24, 2.45) is 0 Å². The Bertz CT molecular complexity index is 3570. The van der Waals surface area contributed by atoms with Gasteiger partial charge in [-0.3, -0.25) is 0 Å². The zero-order valence-electron chi connectivity index (χ0n) is 35.9. The minimum absolute atomic E-state index is 0.493. The Morgan fingerprint density at radius 3 is 1.18 bits per heavy atom. The lowest BCUT2D eigenvalue weighted by molar-refractivity contribution is 0.745. The Labute approximate surface area is 380 Å². The van der Waals surface area contributed by atoms with Crippen LogP contribution < -0.4 is 0 Å². The number of fused-ring (bicyclic) bond motifs is 5. The summed E-state index contributed by atoms with van der Waals surface area (Å²) in [6.45, 7) is 0. The molecule has 0 unspecified atom stereocenters. The van der Waals surface area contributed by atoms with Crippen molar-refractivity contribution in [2.45, 2.75) is 5.41 Å². The van der Waals surface area contributed by atoms with Gasteiger partial charge < -0.3 is 0 Å². The molecular formula is C65H44. The van der Waals surface area contributed by atoms with Crippen molar-refractivity contribution in [3.63, 3.8) is 0 Å². The summed E-state index contributed by atoms with van der Waals surface area (Å²) in [5.41, 5.74) is 14.2. The number of rotatable bonds is 8. The van der Waals surface area contributed by atoms with Gasteiger partial charge in [-0.15, -0.1) is 0 Å².